The first-order valence-electron chi connectivity index (χ1n) is 6.28. The van der Waals surface area contributed by atoms with Crippen molar-refractivity contribution in [3.05, 3.63) is 36.4 Å². The molecule has 0 radical (unpaired) electrons. The number of nitrogens with two attached hydrogens (primary N) is 2. The number of H-pyrrole nitrogens is 2. The number of aromatic amines is 2. The molecule has 2 heterocycles. The summed E-state index contributed by atoms with van der Waals surface area (Å²) in [6.07, 6.45) is 6.54. The minimum absolute atomic E-state index is 0. The second kappa shape index (κ2) is 30.6. The van der Waals surface area contributed by atoms with Gasteiger partial charge in [-0.25, -0.2) is 9.97 Å². The van der Waals surface area contributed by atoms with Crippen LogP contribution in [0.15, 0.2) is 25.0 Å². The van der Waals surface area contributed by atoms with Gasteiger partial charge >= 0.3 is 0 Å². The van der Waals surface area contributed by atoms with Gasteiger partial charge in [-0.3, -0.25) is 0 Å². The normalized spacial score (nSPS) is 9.10. The first kappa shape index (κ1) is 57.0. The number of hydrogen-bond donors (Lipinski definition) is 4. The summed E-state index contributed by atoms with van der Waals surface area (Å²) in [7, 11) is 0. The van der Waals surface area contributed by atoms with E-state index < -0.39 is 24.0 Å². The molecule has 2 atom stereocenters. The van der Waals surface area contributed by atoms with Gasteiger partial charge in [0.05, 0.1) is 36.0 Å². The van der Waals surface area contributed by atoms with Crippen molar-refractivity contribution in [2.24, 2.45) is 11.5 Å². The van der Waals surface area contributed by atoms with Gasteiger partial charge in [-0.05, 0) is 0 Å². The number of aromatic nitrogens is 4. The zero-order valence-electron chi connectivity index (χ0n) is 15.5. The van der Waals surface area contributed by atoms with Crippen LogP contribution < -0.4 is 21.7 Å². The van der Waals surface area contributed by atoms with Crippen LogP contribution in [0.1, 0.15) is 11.4 Å². The maximum Gasteiger partial charge on any atom is 0.0923 e. The number of aliphatic carboxylic acids is 2. The monoisotopic (exact) mass is 622 g/mol. The predicted molar refractivity (Wildman–Crippen MR) is 84.1 cm³/mol. The molecule has 0 amide bonds. The summed E-state index contributed by atoms with van der Waals surface area (Å²) < 4.78 is 0. The van der Waals surface area contributed by atoms with Crippen LogP contribution in [-0.2, 0) is 86.5 Å². The van der Waals surface area contributed by atoms with Gasteiger partial charge in [0.2, 0.25) is 0 Å². The van der Waals surface area contributed by atoms with E-state index in [4.69, 9.17) is 11.5 Å². The molecule has 0 aromatic carbocycles. The number of nitrogens with one attached hydrogen (secondary N) is 2. The Morgan fingerprint density at radius 3 is 1.19 bits per heavy atom. The van der Waals surface area contributed by atoms with Gasteiger partial charge in [0, 0.05) is 79.4 Å². The van der Waals surface area contributed by atoms with Gasteiger partial charge in [-0.2, -0.15) is 0 Å². The van der Waals surface area contributed by atoms with Gasteiger partial charge in [-0.1, -0.05) is 0 Å². The molecule has 0 saturated carbocycles. The molecule has 0 bridgehead atoms. The van der Waals surface area contributed by atoms with Gasteiger partial charge in [0.1, 0.15) is 0 Å². The third kappa shape index (κ3) is 24.5. The largest absolute Gasteiger partial charge is 2.00 e. The van der Waals surface area contributed by atoms with E-state index in [0.717, 1.165) is 0 Å². The summed E-state index contributed by atoms with van der Waals surface area (Å²) in [5.41, 5.74) is 11.6. The molecule has 12 N–H and O–H groups in total. The van der Waals surface area contributed by atoms with Crippen molar-refractivity contribution in [3.63, 3.8) is 0 Å². The topological polar surface area (TPSA) is 398 Å². The molecule has 0 fully saturated rings. The molecule has 0 unspecified atom stereocenters. The van der Waals surface area contributed by atoms with Crippen LogP contribution in [0.4, 0.5) is 0 Å². The van der Waals surface area contributed by atoms with Gasteiger partial charge in [0.15, 0.2) is 0 Å². The first-order chi connectivity index (χ1) is 10.4. The van der Waals surface area contributed by atoms with Crippen LogP contribution >= 0.6 is 0 Å². The van der Waals surface area contributed by atoms with E-state index in [9.17, 15) is 19.8 Å². The Labute approximate surface area is 204 Å². The van der Waals surface area contributed by atoms with E-state index in [1.165, 1.54) is 12.7 Å². The van der Waals surface area contributed by atoms with Crippen LogP contribution in [-0.4, -0.2) is 60.4 Å². The quantitative estimate of drug-likeness (QED) is 0.225. The van der Waals surface area contributed by atoms with Crippen molar-refractivity contribution in [1.29, 1.82) is 0 Å². The van der Waals surface area contributed by atoms with Crippen LogP contribution in [0, 0.1) is 0 Å². The molecule has 0 saturated heterocycles. The maximum atomic E-state index is 10.2. The number of nitrogens with zero attached hydrogens (tertiary/aromatic N) is 2. The molecule has 17 nitrogen and oxygen atoms in total. The summed E-state index contributed by atoms with van der Waals surface area (Å²) >= 11 is 0. The average molecular weight is 618 g/mol. The Morgan fingerprint density at radius 1 is 0.774 bits per heavy atom. The van der Waals surface area contributed by atoms with Crippen molar-refractivity contribution < 1.29 is 100 Å². The molecule has 188 valence electrons. The third-order valence-corrected chi connectivity index (χ3v) is 2.57. The molecule has 2 rings (SSSR count). The van der Waals surface area contributed by atoms with E-state index in [0.29, 0.717) is 11.4 Å². The van der Waals surface area contributed by atoms with Gasteiger partial charge < -0.3 is 79.6 Å². The fourth-order valence-electron chi connectivity index (χ4n) is 1.42. The molecule has 0 spiro atoms. The Kier molecular flexibility index (Phi) is 56.2. The molecule has 0 aliphatic heterocycles. The summed E-state index contributed by atoms with van der Waals surface area (Å²) in [6, 6.07) is -1.95. The number of carboxylic acid groups (broad SMARTS) is 2. The van der Waals surface area contributed by atoms with Crippen molar-refractivity contribution in [3.8, 4) is 0 Å². The number of carbonyl (C=O) groups excluding carboxylic acids is 2. The first-order valence-corrected chi connectivity index (χ1v) is 6.28. The zero-order valence-corrected chi connectivity index (χ0v) is 19.5. The standard InChI is InChI=1S/2C6H9N3O2.2Mo.3H2O.4O/c2*7-5(6(10)11)1-4-2-8-3-9-4;;;;;;;;;/h2*2-3,5H,1,7H2,(H,8,9)(H,10,11);;;3*1H2;;;;/q;;;;;;;4*-2/p-2/t2*5-;;;;;;;;;/m00........./s1. The van der Waals surface area contributed by atoms with Crippen LogP contribution in [0.2, 0.25) is 0 Å². The second-order valence-corrected chi connectivity index (χ2v) is 4.38. The fourth-order valence-corrected chi connectivity index (χ4v) is 1.42. The second-order valence-electron chi connectivity index (χ2n) is 4.38. The molecule has 0 aliphatic carbocycles. The van der Waals surface area contributed by atoms with Gasteiger partial charge in [-0.15, -0.1) is 0 Å². The smallest absolute Gasteiger partial charge is 0.0923 e. The number of hydrogen-bond acceptors (Lipinski definition) is 8. The number of carboxylic acids is 2. The van der Waals surface area contributed by atoms with Crippen LogP contribution in [0.25, 0.3) is 0 Å². The van der Waals surface area contributed by atoms with Crippen LogP contribution in [0.3, 0.4) is 0 Å². The Balaban J connectivity index is -0.0000000346. The van der Waals surface area contributed by atoms with Crippen LogP contribution in [0.5, 0.6) is 0 Å². The predicted octanol–water partition coefficient (Wildman–Crippen LogP) is -6.90. The minimum atomic E-state index is -1.26. The van der Waals surface area contributed by atoms with E-state index in [1.54, 1.807) is 12.4 Å². The van der Waals surface area contributed by atoms with Gasteiger partial charge in [0.25, 0.3) is 0 Å². The third-order valence-electron chi connectivity index (χ3n) is 2.57. The van der Waals surface area contributed by atoms with Crippen molar-refractivity contribution in [1.82, 2.24) is 19.9 Å². The summed E-state index contributed by atoms with van der Waals surface area (Å²) in [5, 5.41) is 20.3. The molecule has 31 heavy (non-hydrogen) atoms. The van der Waals surface area contributed by atoms with E-state index >= 15 is 0 Å². The molecule has 19 heteroatoms. The Hall–Kier alpha value is -1.62. The van der Waals surface area contributed by atoms with Crippen molar-refractivity contribution >= 4 is 11.9 Å². The number of rotatable bonds is 6. The minimum Gasteiger partial charge on any atom is -2.00 e. The Morgan fingerprint density at radius 2 is 1.03 bits per heavy atom. The van der Waals surface area contributed by atoms with E-state index in [2.05, 4.69) is 19.9 Å². The molecule has 2 aromatic heterocycles. The van der Waals surface area contributed by atoms with E-state index in [-0.39, 0.29) is 93.3 Å². The SMILES string of the molecule is N[C@@H](Cc1c[nH]cn1)C(=O)[O-].N[C@@H](Cc1c[nH]cn1)C(=O)[O-].O.O.O.[Mo].[Mo].[O-2].[O-2].[O-2].[O-2]. The van der Waals surface area contributed by atoms with Crippen molar-refractivity contribution in [2.75, 3.05) is 0 Å². The van der Waals surface area contributed by atoms with Crippen molar-refractivity contribution in [2.45, 2.75) is 24.9 Å². The maximum absolute atomic E-state index is 10.2. The summed E-state index contributed by atoms with van der Waals surface area (Å²) in [4.78, 5) is 33.3. The molecule has 0 aliphatic rings. The van der Waals surface area contributed by atoms with E-state index in [1.807, 2.05) is 0 Å². The number of carbonyl (C=O) groups is 2. The molecule has 2 aromatic rings. The zero-order chi connectivity index (χ0) is 16.5. The Bertz CT molecular complexity index is 540. The number of imidazole rings is 2. The molecular weight excluding hydrogens is 596 g/mol. The summed E-state index contributed by atoms with van der Waals surface area (Å²) in [6.45, 7) is 0. The average Bonchev–Trinajstić information content (AvgIpc) is 3.12. The molecular formula is C12H22Mo2N6O11-10. The summed E-state index contributed by atoms with van der Waals surface area (Å²) in [5.74, 6) is -2.51. The fraction of sp³-hybridized carbons (Fsp3) is 0.333.